The minimum absolute atomic E-state index is 0.286. The monoisotopic (exact) mass is 250 g/mol. The average Bonchev–Trinajstić information content (AvgIpc) is 3.04. The molecular weight excluding hydrogens is 232 g/mol. The fourth-order valence-corrected chi connectivity index (χ4v) is 4.31. The summed E-state index contributed by atoms with van der Waals surface area (Å²) < 4.78 is 3.91. The van der Waals surface area contributed by atoms with E-state index in [1.54, 1.807) is 0 Å². The molecule has 3 unspecified atom stereocenters. The van der Waals surface area contributed by atoms with Crippen LogP contribution in [0.3, 0.4) is 0 Å². The van der Waals surface area contributed by atoms with Crippen LogP contribution in [0.15, 0.2) is 0 Å². The molecule has 0 N–H and O–H groups in total. The van der Waals surface area contributed by atoms with Crippen LogP contribution in [0.2, 0.25) is 0 Å². The van der Waals surface area contributed by atoms with Gasteiger partial charge in [-0.05, 0) is 55.0 Å². The highest BCUT2D eigenvalue weighted by atomic mass is 32.1. The lowest BCUT2D eigenvalue weighted by Crippen LogP contribution is -2.15. The first-order chi connectivity index (χ1) is 8.28. The van der Waals surface area contributed by atoms with Crippen LogP contribution in [0.4, 0.5) is 0 Å². The molecule has 0 spiro atoms. The maximum atomic E-state index is 12.2. The van der Waals surface area contributed by atoms with Crippen molar-refractivity contribution < 1.29 is 4.79 Å². The van der Waals surface area contributed by atoms with E-state index in [1.165, 1.54) is 37.2 Å². The first-order valence-corrected chi connectivity index (χ1v) is 7.39. The van der Waals surface area contributed by atoms with Crippen LogP contribution in [0.25, 0.3) is 0 Å². The van der Waals surface area contributed by atoms with Crippen molar-refractivity contribution in [1.82, 2.24) is 9.59 Å². The van der Waals surface area contributed by atoms with Crippen molar-refractivity contribution in [1.29, 1.82) is 0 Å². The van der Waals surface area contributed by atoms with Crippen molar-refractivity contribution >= 4 is 17.3 Å². The third-order valence-corrected chi connectivity index (χ3v) is 5.29. The van der Waals surface area contributed by atoms with Gasteiger partial charge in [0.1, 0.15) is 4.88 Å². The first kappa shape index (κ1) is 11.3. The zero-order valence-corrected chi connectivity index (χ0v) is 11.0. The smallest absolute Gasteiger partial charge is 0.176 e. The second kappa shape index (κ2) is 4.48. The highest BCUT2D eigenvalue weighted by Gasteiger charge is 2.40. The van der Waals surface area contributed by atoms with Crippen LogP contribution in [0, 0.1) is 17.8 Å². The number of hydrogen-bond donors (Lipinski definition) is 0. The SMILES string of the molecule is CCc1nnsc1C(=O)CC1CC2CCC1C2. The molecule has 0 radical (unpaired) electrons. The third kappa shape index (κ3) is 2.03. The summed E-state index contributed by atoms with van der Waals surface area (Å²) in [6.07, 6.45) is 6.96. The Morgan fingerprint density at radius 1 is 1.41 bits per heavy atom. The maximum Gasteiger partial charge on any atom is 0.176 e. The topological polar surface area (TPSA) is 42.9 Å². The molecule has 92 valence electrons. The molecule has 1 heterocycles. The second-order valence-electron chi connectivity index (χ2n) is 5.46. The van der Waals surface area contributed by atoms with Crippen LogP contribution < -0.4 is 0 Å². The molecule has 4 heteroatoms. The number of hydrogen-bond acceptors (Lipinski definition) is 4. The Labute approximate surface area is 106 Å². The van der Waals surface area contributed by atoms with Crippen molar-refractivity contribution in [2.24, 2.45) is 17.8 Å². The highest BCUT2D eigenvalue weighted by Crippen LogP contribution is 2.49. The van der Waals surface area contributed by atoms with E-state index >= 15 is 0 Å². The number of ketones is 1. The number of aromatic nitrogens is 2. The molecule has 0 aromatic carbocycles. The summed E-state index contributed by atoms with van der Waals surface area (Å²) in [5, 5.41) is 4.03. The quantitative estimate of drug-likeness (QED) is 0.771. The van der Waals surface area contributed by atoms with E-state index in [0.717, 1.165) is 35.2 Å². The first-order valence-electron chi connectivity index (χ1n) is 6.62. The van der Waals surface area contributed by atoms with Gasteiger partial charge < -0.3 is 0 Å². The number of carbonyl (C=O) groups is 1. The molecule has 0 amide bonds. The molecule has 2 saturated carbocycles. The van der Waals surface area contributed by atoms with Gasteiger partial charge in [0, 0.05) is 6.42 Å². The Balaban J connectivity index is 1.68. The van der Waals surface area contributed by atoms with E-state index in [0.29, 0.717) is 5.92 Å². The Hall–Kier alpha value is -0.770. The lowest BCUT2D eigenvalue weighted by Gasteiger charge is -2.20. The standard InChI is InChI=1S/C13H18N2OS/c1-2-11-13(17-15-14-11)12(16)7-10-6-8-3-4-9(10)5-8/h8-10H,2-7H2,1H3. The van der Waals surface area contributed by atoms with Crippen molar-refractivity contribution in [3.05, 3.63) is 10.6 Å². The lowest BCUT2D eigenvalue weighted by atomic mass is 9.85. The molecule has 3 nitrogen and oxygen atoms in total. The number of fused-ring (bicyclic) bond motifs is 2. The van der Waals surface area contributed by atoms with E-state index in [1.807, 2.05) is 6.92 Å². The van der Waals surface area contributed by atoms with E-state index in [2.05, 4.69) is 9.59 Å². The van der Waals surface area contributed by atoms with E-state index in [4.69, 9.17) is 0 Å². The summed E-state index contributed by atoms with van der Waals surface area (Å²) in [7, 11) is 0. The van der Waals surface area contributed by atoms with Gasteiger partial charge >= 0.3 is 0 Å². The molecule has 0 aliphatic heterocycles. The fraction of sp³-hybridized carbons (Fsp3) is 0.769. The van der Waals surface area contributed by atoms with Gasteiger partial charge in [-0.15, -0.1) is 5.10 Å². The van der Waals surface area contributed by atoms with Crippen LogP contribution >= 0.6 is 11.5 Å². The summed E-state index contributed by atoms with van der Waals surface area (Å²) in [5.41, 5.74) is 0.892. The Bertz CT molecular complexity index is 429. The van der Waals surface area contributed by atoms with Crippen LogP contribution in [0.5, 0.6) is 0 Å². The van der Waals surface area contributed by atoms with Crippen molar-refractivity contribution in [2.45, 2.75) is 45.4 Å². The van der Waals surface area contributed by atoms with Gasteiger partial charge in [-0.1, -0.05) is 17.8 Å². The normalized spacial score (nSPS) is 31.0. The average molecular weight is 250 g/mol. The van der Waals surface area contributed by atoms with Gasteiger partial charge in [0.25, 0.3) is 0 Å². The minimum atomic E-state index is 0.286. The van der Waals surface area contributed by atoms with Gasteiger partial charge in [-0.25, -0.2) is 0 Å². The molecule has 2 bridgehead atoms. The number of Topliss-reactive ketones (excluding diaryl/α,β-unsaturated/α-hetero) is 1. The molecule has 1 aromatic heterocycles. The lowest BCUT2D eigenvalue weighted by molar-refractivity contribution is 0.0947. The van der Waals surface area contributed by atoms with Gasteiger partial charge in [0.05, 0.1) is 5.69 Å². The van der Waals surface area contributed by atoms with Crippen LogP contribution in [0.1, 0.15) is 54.4 Å². The van der Waals surface area contributed by atoms with Crippen LogP contribution in [-0.2, 0) is 6.42 Å². The van der Waals surface area contributed by atoms with E-state index < -0.39 is 0 Å². The summed E-state index contributed by atoms with van der Waals surface area (Å²) in [5.74, 6) is 2.68. The Morgan fingerprint density at radius 2 is 2.29 bits per heavy atom. The second-order valence-corrected chi connectivity index (χ2v) is 6.22. The predicted molar refractivity (Wildman–Crippen MR) is 67.2 cm³/mol. The van der Waals surface area contributed by atoms with Gasteiger partial charge in [-0.2, -0.15) is 0 Å². The number of aryl methyl sites for hydroxylation is 1. The number of nitrogens with zero attached hydrogens (tertiary/aromatic N) is 2. The molecule has 3 rings (SSSR count). The molecule has 3 atom stereocenters. The molecule has 17 heavy (non-hydrogen) atoms. The molecule has 2 aliphatic rings. The zero-order chi connectivity index (χ0) is 11.8. The largest absolute Gasteiger partial charge is 0.293 e. The summed E-state index contributed by atoms with van der Waals surface area (Å²) >= 11 is 1.27. The van der Waals surface area contributed by atoms with Crippen LogP contribution in [-0.4, -0.2) is 15.4 Å². The minimum Gasteiger partial charge on any atom is -0.293 e. The van der Waals surface area contributed by atoms with Gasteiger partial charge in [0.15, 0.2) is 5.78 Å². The number of rotatable bonds is 4. The summed E-state index contributed by atoms with van der Waals surface area (Å²) in [6.45, 7) is 2.03. The zero-order valence-electron chi connectivity index (χ0n) is 10.2. The predicted octanol–water partition coefficient (Wildman–Crippen LogP) is 3.11. The molecule has 1 aromatic rings. The molecular formula is C13H18N2OS. The Kier molecular flexibility index (Phi) is 2.99. The van der Waals surface area contributed by atoms with Gasteiger partial charge in [0.2, 0.25) is 0 Å². The fourth-order valence-electron chi connectivity index (χ4n) is 3.61. The molecule has 2 fully saturated rings. The summed E-state index contributed by atoms with van der Waals surface area (Å²) in [6, 6.07) is 0. The van der Waals surface area contributed by atoms with Gasteiger partial charge in [-0.3, -0.25) is 4.79 Å². The summed E-state index contributed by atoms with van der Waals surface area (Å²) in [4.78, 5) is 13.1. The molecule has 2 aliphatic carbocycles. The maximum absolute atomic E-state index is 12.2. The van der Waals surface area contributed by atoms with E-state index in [-0.39, 0.29) is 5.78 Å². The van der Waals surface area contributed by atoms with Crippen molar-refractivity contribution in [3.8, 4) is 0 Å². The van der Waals surface area contributed by atoms with E-state index in [9.17, 15) is 4.79 Å². The molecule has 0 saturated heterocycles. The third-order valence-electron chi connectivity index (χ3n) is 4.48. The van der Waals surface area contributed by atoms with Crippen molar-refractivity contribution in [3.63, 3.8) is 0 Å². The van der Waals surface area contributed by atoms with Crippen molar-refractivity contribution in [2.75, 3.05) is 0 Å². The number of carbonyl (C=O) groups excluding carboxylic acids is 1. The Morgan fingerprint density at radius 3 is 2.94 bits per heavy atom. The highest BCUT2D eigenvalue weighted by molar-refractivity contribution is 7.08.